The molecule has 3 aromatic rings. The minimum absolute atomic E-state index is 0.150. The van der Waals surface area contributed by atoms with Crippen molar-refractivity contribution in [3.63, 3.8) is 0 Å². The second-order valence-corrected chi connectivity index (χ2v) is 6.75. The van der Waals surface area contributed by atoms with E-state index in [0.29, 0.717) is 22.4 Å². The van der Waals surface area contributed by atoms with Gasteiger partial charge in [0.15, 0.2) is 0 Å². The minimum Gasteiger partial charge on any atom is -0.423 e. The van der Waals surface area contributed by atoms with Crippen molar-refractivity contribution in [1.82, 2.24) is 0 Å². The van der Waals surface area contributed by atoms with Crippen LogP contribution < -0.4 is 14.0 Å². The number of hydrogen-bond acceptors (Lipinski definition) is 6. The van der Waals surface area contributed by atoms with Crippen molar-refractivity contribution in [2.75, 3.05) is 0 Å². The summed E-state index contributed by atoms with van der Waals surface area (Å²) in [7, 11) is -4.80. The highest BCUT2D eigenvalue weighted by Crippen LogP contribution is 2.45. The molecule has 0 saturated heterocycles. The first kappa shape index (κ1) is 17.7. The van der Waals surface area contributed by atoms with E-state index in [-0.39, 0.29) is 5.90 Å². The zero-order valence-electron chi connectivity index (χ0n) is 13.9. The van der Waals surface area contributed by atoms with Gasteiger partial charge in [-0.1, -0.05) is 60.7 Å². The summed E-state index contributed by atoms with van der Waals surface area (Å²) < 4.78 is 45.8. The van der Waals surface area contributed by atoms with Crippen molar-refractivity contribution in [3.8, 4) is 0 Å². The van der Waals surface area contributed by atoms with Gasteiger partial charge < -0.3 is 4.74 Å². The largest absolute Gasteiger partial charge is 0.423 e. The summed E-state index contributed by atoms with van der Waals surface area (Å²) in [6.07, 6.45) is 0. The van der Waals surface area contributed by atoms with E-state index in [2.05, 4.69) is 4.99 Å². The monoisotopic (exact) mass is 383 g/mol. The molecule has 0 N–H and O–H groups in total. The molecule has 0 spiro atoms. The Hall–Kier alpha value is -2.74. The highest BCUT2D eigenvalue weighted by atomic mass is 35.7. The second-order valence-electron chi connectivity index (χ2n) is 5.84. The Kier molecular flexibility index (Phi) is 4.43. The summed E-state index contributed by atoms with van der Waals surface area (Å²) in [5, 5.41) is 0. The van der Waals surface area contributed by atoms with Gasteiger partial charge in [-0.25, -0.2) is 4.99 Å². The van der Waals surface area contributed by atoms with Crippen LogP contribution in [0, 0.1) is 10.2 Å². The van der Waals surface area contributed by atoms with Gasteiger partial charge in [0, 0.05) is 11.1 Å². The number of ether oxygens (including phenoxy) is 1. The Morgan fingerprint density at radius 2 is 1.37 bits per heavy atom. The van der Waals surface area contributed by atoms with Gasteiger partial charge in [-0.05, 0) is 24.3 Å². The van der Waals surface area contributed by atoms with Crippen molar-refractivity contribution in [2.24, 2.45) is 4.99 Å². The molecule has 1 heterocycles. The molecule has 1 atom stereocenters. The number of halogens is 1. The van der Waals surface area contributed by atoms with Gasteiger partial charge in [0.2, 0.25) is 5.90 Å². The van der Waals surface area contributed by atoms with Crippen molar-refractivity contribution in [3.05, 3.63) is 102 Å². The van der Waals surface area contributed by atoms with Gasteiger partial charge >= 0.3 is 5.79 Å². The number of benzene rings is 3. The number of rotatable bonds is 4. The predicted octanol–water partition coefficient (Wildman–Crippen LogP) is 0.910. The summed E-state index contributed by atoms with van der Waals surface area (Å²) >= 11 is 0. The van der Waals surface area contributed by atoms with Crippen LogP contribution in [0.5, 0.6) is 0 Å². The lowest BCUT2D eigenvalue weighted by molar-refractivity contribution is -1.92. The van der Waals surface area contributed by atoms with E-state index < -0.39 is 16.0 Å². The second kappa shape index (κ2) is 6.77. The summed E-state index contributed by atoms with van der Waals surface area (Å²) in [5.74, 6) is -1.83. The third kappa shape index (κ3) is 3.44. The fourth-order valence-corrected chi connectivity index (χ4v) is 3.45. The van der Waals surface area contributed by atoms with Gasteiger partial charge in [0.05, 0.1) is 21.5 Å². The average Bonchev–Trinajstić information content (AvgIpc) is 2.68. The lowest BCUT2D eigenvalue weighted by atomic mass is 9.94. The summed E-state index contributed by atoms with van der Waals surface area (Å²) in [6.45, 7) is 0. The lowest BCUT2D eigenvalue weighted by Gasteiger charge is -2.34. The van der Waals surface area contributed by atoms with Crippen LogP contribution in [-0.4, -0.2) is 5.90 Å². The molecule has 7 heteroatoms. The molecule has 0 saturated carbocycles. The van der Waals surface area contributed by atoms with E-state index in [1.165, 1.54) is 0 Å². The quantitative estimate of drug-likeness (QED) is 0.666. The predicted molar refractivity (Wildman–Crippen MR) is 88.5 cm³/mol. The molecule has 4 rings (SSSR count). The van der Waals surface area contributed by atoms with Crippen LogP contribution >= 0.6 is 0 Å². The Bertz CT molecular complexity index is 972. The van der Waals surface area contributed by atoms with Crippen LogP contribution in [0.2, 0.25) is 0 Å². The summed E-state index contributed by atoms with van der Waals surface area (Å²) in [4.78, 5) is 4.48. The normalized spacial score (nSPS) is 19.0. The van der Waals surface area contributed by atoms with Crippen molar-refractivity contribution in [2.45, 2.75) is 5.79 Å². The number of hydrogen-bond donors (Lipinski definition) is 0. The molecule has 27 heavy (non-hydrogen) atoms. The molecule has 1 aliphatic heterocycles. The van der Waals surface area contributed by atoms with Crippen molar-refractivity contribution in [1.29, 1.82) is 0 Å². The van der Waals surface area contributed by atoms with E-state index in [0.717, 1.165) is 0 Å². The Morgan fingerprint density at radius 3 is 2.04 bits per heavy atom. The molecule has 136 valence electrons. The highest BCUT2D eigenvalue weighted by Gasteiger charge is 2.56. The zero-order chi connectivity index (χ0) is 18.9. The van der Waals surface area contributed by atoms with E-state index >= 15 is 0 Å². The topological polar surface area (TPSA) is 100 Å². The van der Waals surface area contributed by atoms with Gasteiger partial charge in [0.1, 0.15) is 4.29 Å². The van der Waals surface area contributed by atoms with Crippen LogP contribution in [0.15, 0.2) is 89.9 Å². The molecule has 0 amide bonds. The average molecular weight is 384 g/mol. The smallest absolute Gasteiger partial charge is 0.418 e. The molecule has 3 aromatic carbocycles. The van der Waals surface area contributed by atoms with Crippen LogP contribution in [0.4, 0.5) is 5.69 Å². The summed E-state index contributed by atoms with van der Waals surface area (Å²) in [6, 6.07) is 24.2. The molecule has 0 aromatic heterocycles. The standard InChI is InChI=1S/C20H14ClNO5/c23-21(24,25)27-20(16-11-5-2-6-12-16)17-13-7-8-14-18(17)22-19(26-20)15-9-3-1-4-10-15/h1-14H. The maximum Gasteiger partial charge on any atom is 0.418 e. The zero-order valence-corrected chi connectivity index (χ0v) is 14.7. The molecule has 0 aliphatic carbocycles. The van der Waals surface area contributed by atoms with Crippen LogP contribution in [0.3, 0.4) is 0 Å². The maximum atomic E-state index is 11.6. The molecule has 1 unspecified atom stereocenters. The van der Waals surface area contributed by atoms with Gasteiger partial charge in [-0.2, -0.15) is 14.0 Å². The first-order valence-corrected chi connectivity index (χ1v) is 9.31. The fraction of sp³-hybridized carbons (Fsp3) is 0.0500. The minimum atomic E-state index is -4.80. The fourth-order valence-electron chi connectivity index (χ4n) is 2.98. The summed E-state index contributed by atoms with van der Waals surface area (Å²) in [5.41, 5.74) is 1.75. The lowest BCUT2D eigenvalue weighted by Crippen LogP contribution is -2.64. The first-order valence-electron chi connectivity index (χ1n) is 8.08. The molecule has 1 aliphatic rings. The third-order valence-electron chi connectivity index (χ3n) is 4.10. The molecular weight excluding hydrogens is 370 g/mol. The maximum absolute atomic E-state index is 11.6. The third-order valence-corrected chi connectivity index (χ3v) is 4.51. The van der Waals surface area contributed by atoms with Crippen molar-refractivity contribution >= 4 is 11.6 Å². The Balaban J connectivity index is 1.96. The van der Waals surface area contributed by atoms with E-state index in [9.17, 15) is 14.0 Å². The number of nitrogens with zero attached hydrogens (tertiary/aromatic N) is 1. The van der Waals surface area contributed by atoms with Crippen LogP contribution in [-0.2, 0) is 14.8 Å². The Morgan fingerprint density at radius 1 is 0.778 bits per heavy atom. The molecular formula is C20H14ClNO5. The molecule has 0 radical (unpaired) electrons. The van der Waals surface area contributed by atoms with Gasteiger partial charge in [0.25, 0.3) is 0 Å². The highest BCUT2D eigenvalue weighted by molar-refractivity contribution is 5.97. The molecule has 0 fully saturated rings. The number of para-hydroxylation sites is 1. The first-order chi connectivity index (χ1) is 13.0. The van der Waals surface area contributed by atoms with Crippen molar-refractivity contribution < 1.29 is 33.2 Å². The Labute approximate surface area is 157 Å². The number of fused-ring (bicyclic) bond motifs is 1. The van der Waals surface area contributed by atoms with E-state index in [4.69, 9.17) is 9.03 Å². The SMILES string of the molecule is [O-][Cl+3]([O-])([O-])OC1(c2ccccc2)OC(c2ccccc2)=Nc2ccccc21. The number of aliphatic imine (C=N–C) groups is 1. The van der Waals surface area contributed by atoms with Gasteiger partial charge in [-0.3, -0.25) is 0 Å². The van der Waals surface area contributed by atoms with E-state index in [1.807, 2.05) is 6.07 Å². The molecule has 0 bridgehead atoms. The van der Waals surface area contributed by atoms with Gasteiger partial charge in [-0.15, -0.1) is 0 Å². The van der Waals surface area contributed by atoms with Crippen LogP contribution in [0.1, 0.15) is 16.7 Å². The molecule has 6 nitrogen and oxygen atoms in total. The van der Waals surface area contributed by atoms with E-state index in [1.54, 1.807) is 78.9 Å². The van der Waals surface area contributed by atoms with Crippen LogP contribution in [0.25, 0.3) is 0 Å².